The number of pyridine rings is 1. The van der Waals surface area contributed by atoms with Gasteiger partial charge in [-0.1, -0.05) is 26.8 Å². The predicted molar refractivity (Wildman–Crippen MR) is 159 cm³/mol. The summed E-state index contributed by atoms with van der Waals surface area (Å²) in [5, 5.41) is 13.5. The van der Waals surface area contributed by atoms with Crippen LogP contribution in [0.4, 0.5) is 27.8 Å². The van der Waals surface area contributed by atoms with Gasteiger partial charge in [0.1, 0.15) is 12.3 Å². The summed E-state index contributed by atoms with van der Waals surface area (Å²) in [5.41, 5.74) is 6.27. The van der Waals surface area contributed by atoms with Gasteiger partial charge in [0.25, 0.3) is 0 Å². The quantitative estimate of drug-likeness (QED) is 0.457. The number of carboxylic acid groups (broad SMARTS) is 1. The second-order valence-electron chi connectivity index (χ2n) is 12.2. The first kappa shape index (κ1) is 28.2. The summed E-state index contributed by atoms with van der Waals surface area (Å²) >= 11 is 0. The van der Waals surface area contributed by atoms with E-state index in [0.29, 0.717) is 37.1 Å². The molecule has 3 aromatic rings. The molecule has 0 radical (unpaired) electrons. The zero-order valence-electron chi connectivity index (χ0n) is 24.4. The van der Waals surface area contributed by atoms with E-state index < -0.39 is 16.1 Å². The zero-order chi connectivity index (χ0) is 30.0. The molecule has 42 heavy (non-hydrogen) atoms. The van der Waals surface area contributed by atoms with Crippen LogP contribution >= 0.6 is 0 Å². The molecule has 0 aliphatic carbocycles. The maximum atomic E-state index is 12.5. The number of ether oxygens (including phenoxy) is 1. The first-order chi connectivity index (χ1) is 19.8. The van der Waals surface area contributed by atoms with Gasteiger partial charge in [0.2, 0.25) is 21.9 Å². The van der Waals surface area contributed by atoms with Crippen LogP contribution in [0.25, 0.3) is 0 Å². The average molecular weight is 594 g/mol. The van der Waals surface area contributed by atoms with Crippen molar-refractivity contribution in [2.75, 3.05) is 35.3 Å². The van der Waals surface area contributed by atoms with Crippen LogP contribution in [-0.4, -0.2) is 65.1 Å². The molecule has 1 unspecified atom stereocenters. The van der Waals surface area contributed by atoms with Crippen molar-refractivity contribution in [1.29, 1.82) is 0 Å². The van der Waals surface area contributed by atoms with Crippen molar-refractivity contribution in [2.45, 2.75) is 59.0 Å². The largest absolute Gasteiger partial charge is 0.474 e. The molecule has 12 nitrogen and oxygen atoms in total. The normalized spacial score (nSPS) is 19.8. The first-order valence-corrected chi connectivity index (χ1v) is 15.5. The molecule has 1 amide bonds. The fraction of sp³-hybridized carbons (Fsp3) is 0.448. The average Bonchev–Trinajstić information content (AvgIpc) is 2.92. The Bertz CT molecular complexity index is 1690. The Labute approximate surface area is 245 Å². The molecule has 3 aliphatic rings. The number of amides is 1. The summed E-state index contributed by atoms with van der Waals surface area (Å²) in [6, 6.07) is 5.27. The van der Waals surface area contributed by atoms with Crippen LogP contribution in [0.1, 0.15) is 48.7 Å². The smallest absolute Gasteiger partial charge is 0.412 e. The van der Waals surface area contributed by atoms with Crippen LogP contribution in [0.2, 0.25) is 0 Å². The fourth-order valence-electron chi connectivity index (χ4n) is 5.86. The molecule has 5 heterocycles. The molecule has 0 saturated heterocycles. The summed E-state index contributed by atoms with van der Waals surface area (Å²) in [5.74, 6) is 0.777. The van der Waals surface area contributed by atoms with E-state index in [0.717, 1.165) is 45.7 Å². The SMILES string of the molecule is Cc1c(N2CCc3cnc(Nc4ccc5c(c4)CN(C)S(=O)(=O)C5)nc3C2)cnc2c1N(C(=O)O)C(C(C)(C)C)CO2. The van der Waals surface area contributed by atoms with E-state index in [1.54, 1.807) is 13.2 Å². The second kappa shape index (κ2) is 10.1. The van der Waals surface area contributed by atoms with Crippen molar-refractivity contribution in [2.24, 2.45) is 5.41 Å². The lowest BCUT2D eigenvalue weighted by atomic mass is 9.85. The molecule has 3 aliphatic heterocycles. The van der Waals surface area contributed by atoms with E-state index in [1.807, 2.05) is 52.1 Å². The molecule has 0 fully saturated rings. The Morgan fingerprint density at radius 1 is 1.12 bits per heavy atom. The van der Waals surface area contributed by atoms with E-state index in [-0.39, 0.29) is 23.8 Å². The number of nitrogens with one attached hydrogen (secondary N) is 1. The maximum absolute atomic E-state index is 12.5. The summed E-state index contributed by atoms with van der Waals surface area (Å²) in [7, 11) is -1.68. The van der Waals surface area contributed by atoms with Crippen LogP contribution in [0.15, 0.2) is 30.6 Å². The van der Waals surface area contributed by atoms with Crippen LogP contribution in [0.3, 0.4) is 0 Å². The summed E-state index contributed by atoms with van der Waals surface area (Å²) < 4.78 is 31.8. The lowest BCUT2D eigenvalue weighted by Crippen LogP contribution is -2.53. The van der Waals surface area contributed by atoms with Gasteiger partial charge in [-0.25, -0.2) is 32.5 Å². The number of benzene rings is 1. The lowest BCUT2D eigenvalue weighted by Gasteiger charge is -2.43. The molecule has 0 saturated carbocycles. The minimum absolute atomic E-state index is 0.00548. The minimum atomic E-state index is -3.27. The van der Waals surface area contributed by atoms with E-state index in [1.165, 1.54) is 9.21 Å². The van der Waals surface area contributed by atoms with Crippen molar-refractivity contribution in [3.8, 4) is 5.88 Å². The molecule has 6 rings (SSSR count). The third kappa shape index (κ3) is 5.00. The van der Waals surface area contributed by atoms with Gasteiger partial charge in [-0.15, -0.1) is 0 Å². The van der Waals surface area contributed by atoms with Gasteiger partial charge in [-0.05, 0) is 47.6 Å². The molecule has 13 heteroatoms. The molecule has 2 aromatic heterocycles. The van der Waals surface area contributed by atoms with Gasteiger partial charge >= 0.3 is 6.09 Å². The molecule has 0 spiro atoms. The number of anilines is 4. The van der Waals surface area contributed by atoms with Crippen LogP contribution in [-0.2, 0) is 35.3 Å². The number of aromatic nitrogens is 3. The number of hydrogen-bond acceptors (Lipinski definition) is 9. The van der Waals surface area contributed by atoms with Crippen molar-refractivity contribution in [1.82, 2.24) is 19.3 Å². The zero-order valence-corrected chi connectivity index (χ0v) is 25.2. The highest BCUT2D eigenvalue weighted by Gasteiger charge is 2.42. The van der Waals surface area contributed by atoms with Crippen LogP contribution in [0.5, 0.6) is 5.88 Å². The number of fused-ring (bicyclic) bond motifs is 3. The Kier molecular flexibility index (Phi) is 6.76. The van der Waals surface area contributed by atoms with E-state index in [4.69, 9.17) is 9.72 Å². The van der Waals surface area contributed by atoms with Crippen molar-refractivity contribution >= 4 is 39.1 Å². The van der Waals surface area contributed by atoms with Gasteiger partial charge in [0.05, 0.1) is 35.9 Å². The summed E-state index contributed by atoms with van der Waals surface area (Å²) in [4.78, 5) is 29.9. The standard InChI is InChI=1S/C29H35N7O5S/c1-17-23(12-30-26-25(17)36(28(37)38)24(15-41-26)29(2,3)4)35-9-8-18-11-31-27(33-22(18)14-35)32-21-7-6-19-16-42(39,40)34(5)13-20(19)10-21/h6-7,10-12,24H,8-9,13-16H2,1-5H3,(H,37,38)(H,31,32,33). The lowest BCUT2D eigenvalue weighted by molar-refractivity contribution is 0.153. The number of carbonyl (C=O) groups is 1. The topological polar surface area (TPSA) is 141 Å². The number of sulfonamides is 1. The first-order valence-electron chi connectivity index (χ1n) is 13.9. The number of rotatable bonds is 3. The molecule has 2 N–H and O–H groups in total. The maximum Gasteiger partial charge on any atom is 0.412 e. The molecule has 0 bridgehead atoms. The highest BCUT2D eigenvalue weighted by atomic mass is 32.2. The molecular formula is C29H35N7O5S. The number of hydrogen-bond donors (Lipinski definition) is 2. The van der Waals surface area contributed by atoms with Gasteiger partial charge in [-0.3, -0.25) is 4.90 Å². The van der Waals surface area contributed by atoms with E-state index in [2.05, 4.69) is 20.2 Å². The van der Waals surface area contributed by atoms with Gasteiger partial charge < -0.3 is 20.1 Å². The Balaban J connectivity index is 1.26. The number of nitrogens with zero attached hydrogens (tertiary/aromatic N) is 6. The Morgan fingerprint density at radius 2 is 1.90 bits per heavy atom. The highest BCUT2D eigenvalue weighted by molar-refractivity contribution is 7.88. The van der Waals surface area contributed by atoms with E-state index >= 15 is 0 Å². The monoisotopic (exact) mass is 593 g/mol. The van der Waals surface area contributed by atoms with Gasteiger partial charge in [0, 0.05) is 37.6 Å². The predicted octanol–water partition coefficient (Wildman–Crippen LogP) is 4.05. The summed E-state index contributed by atoms with van der Waals surface area (Å²) in [6.07, 6.45) is 3.30. The van der Waals surface area contributed by atoms with Gasteiger partial charge in [0.15, 0.2) is 0 Å². The van der Waals surface area contributed by atoms with Gasteiger partial charge in [-0.2, -0.15) is 0 Å². The molecule has 1 aromatic carbocycles. The third-order valence-electron chi connectivity index (χ3n) is 8.34. The van der Waals surface area contributed by atoms with Crippen molar-refractivity contribution < 1.29 is 23.1 Å². The Hall–Kier alpha value is -3.97. The third-order valence-corrected chi connectivity index (χ3v) is 10.1. The fourth-order valence-corrected chi connectivity index (χ4v) is 7.09. The van der Waals surface area contributed by atoms with Crippen LogP contribution < -0.4 is 19.9 Å². The molecule has 1 atom stereocenters. The van der Waals surface area contributed by atoms with Crippen molar-refractivity contribution in [3.63, 3.8) is 0 Å². The Morgan fingerprint density at radius 3 is 2.64 bits per heavy atom. The second-order valence-corrected chi connectivity index (χ2v) is 14.3. The van der Waals surface area contributed by atoms with Crippen LogP contribution in [0, 0.1) is 12.3 Å². The summed E-state index contributed by atoms with van der Waals surface area (Å²) in [6.45, 7) is 9.74. The van der Waals surface area contributed by atoms with E-state index in [9.17, 15) is 18.3 Å². The molecule has 222 valence electrons. The molecular weight excluding hydrogens is 558 g/mol. The van der Waals surface area contributed by atoms with Crippen molar-refractivity contribution in [3.05, 3.63) is 58.5 Å². The minimum Gasteiger partial charge on any atom is -0.474 e. The highest BCUT2D eigenvalue weighted by Crippen LogP contribution is 2.43.